The summed E-state index contributed by atoms with van der Waals surface area (Å²) in [5.74, 6) is 0.0452. The van der Waals surface area contributed by atoms with Crippen molar-refractivity contribution in [2.45, 2.75) is 13.3 Å². The third-order valence-corrected chi connectivity index (χ3v) is 3.17. The van der Waals surface area contributed by atoms with Crippen molar-refractivity contribution in [1.82, 2.24) is 4.98 Å². The van der Waals surface area contributed by atoms with E-state index in [1.54, 1.807) is 18.2 Å². The van der Waals surface area contributed by atoms with Crippen LogP contribution in [0.25, 0.3) is 10.2 Å². The number of hydrogen-bond acceptors (Lipinski definition) is 4. The molecule has 0 saturated carbocycles. The summed E-state index contributed by atoms with van der Waals surface area (Å²) in [5.41, 5.74) is 1.39. The molecule has 0 atom stereocenters. The molecule has 0 N–H and O–H groups in total. The molecule has 1 heterocycles. The second-order valence-electron chi connectivity index (χ2n) is 3.14. The smallest absolute Gasteiger partial charge is 0.191 e. The minimum absolute atomic E-state index is 0.0452. The first-order chi connectivity index (χ1) is 7.24. The number of fused-ring (bicyclic) bond motifs is 1. The maximum absolute atomic E-state index is 11.4. The fraction of sp³-hybridized carbons (Fsp3) is 0.182. The summed E-state index contributed by atoms with van der Waals surface area (Å²) in [5, 5.41) is 0.524. The first-order valence-electron chi connectivity index (χ1n) is 4.63. The van der Waals surface area contributed by atoms with Crippen molar-refractivity contribution in [1.29, 1.82) is 0 Å². The molecule has 4 heteroatoms. The van der Waals surface area contributed by atoms with Crippen LogP contribution in [0, 0.1) is 0 Å². The van der Waals surface area contributed by atoms with Gasteiger partial charge in [-0.3, -0.25) is 9.59 Å². The zero-order valence-electron chi connectivity index (χ0n) is 8.19. The Balaban J connectivity index is 2.55. The molecule has 3 nitrogen and oxygen atoms in total. The summed E-state index contributed by atoms with van der Waals surface area (Å²) in [6.45, 7) is 1.81. The van der Waals surface area contributed by atoms with Crippen molar-refractivity contribution in [3.05, 3.63) is 28.8 Å². The van der Waals surface area contributed by atoms with Gasteiger partial charge in [0.25, 0.3) is 0 Å². The van der Waals surface area contributed by atoms with E-state index in [1.807, 2.05) is 6.92 Å². The third-order valence-electron chi connectivity index (χ3n) is 2.11. The first kappa shape index (κ1) is 9.98. The standard InChI is InChI=1S/C11H9NO2S/c1-2-9(14)11-12-8-4-3-7(6-13)5-10(8)15-11/h3-6H,2H2,1H3. The van der Waals surface area contributed by atoms with Crippen LogP contribution in [-0.2, 0) is 0 Å². The maximum Gasteiger partial charge on any atom is 0.191 e. The highest BCUT2D eigenvalue weighted by atomic mass is 32.1. The van der Waals surface area contributed by atoms with Gasteiger partial charge in [0.15, 0.2) is 10.8 Å². The van der Waals surface area contributed by atoms with Gasteiger partial charge in [-0.2, -0.15) is 0 Å². The Labute approximate surface area is 90.8 Å². The molecule has 1 aromatic carbocycles. The Morgan fingerprint density at radius 2 is 2.33 bits per heavy atom. The highest BCUT2D eigenvalue weighted by Crippen LogP contribution is 2.23. The lowest BCUT2D eigenvalue weighted by atomic mass is 10.2. The number of benzene rings is 1. The Hall–Kier alpha value is -1.55. The molecular weight excluding hydrogens is 210 g/mol. The number of carbonyl (C=O) groups is 2. The summed E-state index contributed by atoms with van der Waals surface area (Å²) in [6.07, 6.45) is 1.25. The molecule has 76 valence electrons. The minimum Gasteiger partial charge on any atom is -0.298 e. The van der Waals surface area contributed by atoms with Gasteiger partial charge in [0.1, 0.15) is 6.29 Å². The van der Waals surface area contributed by atoms with Gasteiger partial charge in [-0.15, -0.1) is 11.3 Å². The average Bonchev–Trinajstić information content (AvgIpc) is 2.70. The largest absolute Gasteiger partial charge is 0.298 e. The van der Waals surface area contributed by atoms with Gasteiger partial charge >= 0.3 is 0 Å². The number of thiazole rings is 1. The topological polar surface area (TPSA) is 47.0 Å². The van der Waals surface area contributed by atoms with E-state index in [4.69, 9.17) is 0 Å². The Bertz CT molecular complexity index is 530. The molecule has 15 heavy (non-hydrogen) atoms. The van der Waals surface area contributed by atoms with Gasteiger partial charge in [-0.1, -0.05) is 6.92 Å². The lowest BCUT2D eigenvalue weighted by Crippen LogP contribution is -1.93. The molecule has 0 aliphatic heterocycles. The van der Waals surface area contributed by atoms with Crippen LogP contribution in [-0.4, -0.2) is 17.1 Å². The van der Waals surface area contributed by atoms with Crippen molar-refractivity contribution in [3.63, 3.8) is 0 Å². The fourth-order valence-corrected chi connectivity index (χ4v) is 2.31. The van der Waals surface area contributed by atoms with Gasteiger partial charge in [0.05, 0.1) is 10.2 Å². The number of rotatable bonds is 3. The molecule has 2 rings (SSSR count). The van der Waals surface area contributed by atoms with Crippen LogP contribution in [0.15, 0.2) is 18.2 Å². The molecule has 0 spiro atoms. The summed E-state index contributed by atoms with van der Waals surface area (Å²) in [6, 6.07) is 5.23. The molecule has 0 aliphatic carbocycles. The van der Waals surface area contributed by atoms with Gasteiger partial charge in [-0.25, -0.2) is 4.98 Å². The number of aromatic nitrogens is 1. The van der Waals surface area contributed by atoms with Crippen LogP contribution in [0.5, 0.6) is 0 Å². The predicted molar refractivity (Wildman–Crippen MR) is 59.6 cm³/mol. The van der Waals surface area contributed by atoms with Crippen LogP contribution in [0.4, 0.5) is 0 Å². The summed E-state index contributed by atoms with van der Waals surface area (Å²) in [7, 11) is 0. The molecule has 0 saturated heterocycles. The molecule has 0 fully saturated rings. The maximum atomic E-state index is 11.4. The molecular formula is C11H9NO2S. The zero-order chi connectivity index (χ0) is 10.8. The second-order valence-corrected chi connectivity index (χ2v) is 4.17. The lowest BCUT2D eigenvalue weighted by molar-refractivity contribution is 0.0987. The highest BCUT2D eigenvalue weighted by Gasteiger charge is 2.10. The molecule has 0 bridgehead atoms. The normalized spacial score (nSPS) is 10.5. The average molecular weight is 219 g/mol. The number of ketones is 1. The van der Waals surface area contributed by atoms with Crippen LogP contribution in [0.2, 0.25) is 0 Å². The number of hydrogen-bond donors (Lipinski definition) is 0. The summed E-state index contributed by atoms with van der Waals surface area (Å²) in [4.78, 5) is 26.2. The Morgan fingerprint density at radius 3 is 3.00 bits per heavy atom. The summed E-state index contributed by atoms with van der Waals surface area (Å²) < 4.78 is 0.886. The quantitative estimate of drug-likeness (QED) is 0.589. The third kappa shape index (κ3) is 1.80. The molecule has 2 aromatic rings. The van der Waals surface area contributed by atoms with Crippen LogP contribution >= 0.6 is 11.3 Å². The van der Waals surface area contributed by atoms with Crippen molar-refractivity contribution in [2.24, 2.45) is 0 Å². The molecule has 0 aliphatic rings. The zero-order valence-corrected chi connectivity index (χ0v) is 9.00. The van der Waals surface area contributed by atoms with E-state index in [0.29, 0.717) is 17.0 Å². The van der Waals surface area contributed by atoms with E-state index >= 15 is 0 Å². The molecule has 0 unspecified atom stereocenters. The number of aldehydes is 1. The van der Waals surface area contributed by atoms with E-state index in [1.165, 1.54) is 11.3 Å². The second kappa shape index (κ2) is 3.90. The van der Waals surface area contributed by atoms with Crippen molar-refractivity contribution in [2.75, 3.05) is 0 Å². The SMILES string of the molecule is CCC(=O)c1nc2ccc(C=O)cc2s1. The minimum atomic E-state index is 0.0452. The van der Waals surface area contributed by atoms with E-state index in [-0.39, 0.29) is 5.78 Å². The Kier molecular flexibility index (Phi) is 2.60. The number of carbonyl (C=O) groups excluding carboxylic acids is 2. The first-order valence-corrected chi connectivity index (χ1v) is 5.45. The van der Waals surface area contributed by atoms with Gasteiger partial charge < -0.3 is 0 Å². The van der Waals surface area contributed by atoms with E-state index in [2.05, 4.69) is 4.98 Å². The lowest BCUT2D eigenvalue weighted by Gasteiger charge is -1.87. The van der Waals surface area contributed by atoms with Crippen molar-refractivity contribution < 1.29 is 9.59 Å². The number of nitrogens with zero attached hydrogens (tertiary/aromatic N) is 1. The Morgan fingerprint density at radius 1 is 1.53 bits per heavy atom. The summed E-state index contributed by atoms with van der Waals surface area (Å²) >= 11 is 1.34. The van der Waals surface area contributed by atoms with Crippen LogP contribution in [0.3, 0.4) is 0 Å². The van der Waals surface area contributed by atoms with Crippen LogP contribution < -0.4 is 0 Å². The monoisotopic (exact) mass is 219 g/mol. The van der Waals surface area contributed by atoms with Gasteiger partial charge in [0, 0.05) is 12.0 Å². The van der Waals surface area contributed by atoms with Crippen LogP contribution in [0.1, 0.15) is 33.5 Å². The molecule has 0 amide bonds. The molecule has 0 radical (unpaired) electrons. The highest BCUT2D eigenvalue weighted by molar-refractivity contribution is 7.20. The fourth-order valence-electron chi connectivity index (χ4n) is 1.29. The molecule has 1 aromatic heterocycles. The van der Waals surface area contributed by atoms with E-state index in [0.717, 1.165) is 16.5 Å². The van der Waals surface area contributed by atoms with Crippen molar-refractivity contribution in [3.8, 4) is 0 Å². The van der Waals surface area contributed by atoms with Gasteiger partial charge in [-0.05, 0) is 18.2 Å². The number of Topliss-reactive ketones (excluding diaryl/α,β-unsaturated/α-hetero) is 1. The van der Waals surface area contributed by atoms with Crippen molar-refractivity contribution >= 4 is 33.6 Å². The predicted octanol–water partition coefficient (Wildman–Crippen LogP) is 2.70. The van der Waals surface area contributed by atoms with E-state index < -0.39 is 0 Å². The van der Waals surface area contributed by atoms with Gasteiger partial charge in [0.2, 0.25) is 0 Å². The van der Waals surface area contributed by atoms with E-state index in [9.17, 15) is 9.59 Å².